The second kappa shape index (κ2) is 7.13. The summed E-state index contributed by atoms with van der Waals surface area (Å²) in [7, 11) is 2.68. The highest BCUT2D eigenvalue weighted by molar-refractivity contribution is 7.16. The summed E-state index contributed by atoms with van der Waals surface area (Å²) >= 11 is 0. The summed E-state index contributed by atoms with van der Waals surface area (Å²) < 4.78 is 0. The normalized spacial score (nSPS) is 9.12. The molecule has 0 spiro atoms. The van der Waals surface area contributed by atoms with Gasteiger partial charge in [-0.15, -0.1) is 15.8 Å². The zero-order chi connectivity index (χ0) is 6.24. The minimum Gasteiger partial charge on any atom is -0.316 e. The third kappa shape index (κ3) is 6.13. The molecule has 0 heterocycles. The Hall–Kier alpha value is 0.130. The second-order valence-corrected chi connectivity index (χ2v) is 2.19. The molecule has 0 amide bonds. The van der Waals surface area contributed by atoms with Crippen LogP contribution in [0.2, 0.25) is 0 Å². The Balaban J connectivity index is 2.62. The molecule has 1 unspecified atom stereocenters. The van der Waals surface area contributed by atoms with Crippen molar-refractivity contribution in [2.24, 2.45) is 0 Å². The molecular formula is C6H14NP. The van der Waals surface area contributed by atoms with Crippen LogP contribution in [0.15, 0.2) is 12.7 Å². The molecule has 8 heavy (non-hydrogen) atoms. The van der Waals surface area contributed by atoms with Crippen LogP contribution in [0.1, 0.15) is 6.42 Å². The van der Waals surface area contributed by atoms with Crippen LogP contribution in [0.5, 0.6) is 0 Å². The van der Waals surface area contributed by atoms with Gasteiger partial charge in [-0.25, -0.2) is 0 Å². The number of hydrogen-bond acceptors (Lipinski definition) is 1. The maximum absolute atomic E-state index is 3.61. The minimum atomic E-state index is 1.07. The van der Waals surface area contributed by atoms with Crippen LogP contribution < -0.4 is 5.32 Å². The van der Waals surface area contributed by atoms with Gasteiger partial charge in [0.15, 0.2) is 0 Å². The van der Waals surface area contributed by atoms with E-state index >= 15 is 0 Å². The summed E-state index contributed by atoms with van der Waals surface area (Å²) in [6.07, 6.45) is 4.14. The van der Waals surface area contributed by atoms with E-state index in [0.29, 0.717) is 0 Å². The van der Waals surface area contributed by atoms with Crippen LogP contribution in [0, 0.1) is 0 Å². The molecule has 1 N–H and O–H groups in total. The molecule has 0 saturated heterocycles. The van der Waals surface area contributed by atoms with E-state index in [1.165, 1.54) is 0 Å². The van der Waals surface area contributed by atoms with E-state index < -0.39 is 0 Å². The predicted molar refractivity (Wildman–Crippen MR) is 42.3 cm³/mol. The first-order chi connectivity index (χ1) is 3.91. The summed E-state index contributed by atoms with van der Waals surface area (Å²) in [6, 6.07) is 0. The quantitative estimate of drug-likeness (QED) is 0.334. The Morgan fingerprint density at radius 3 is 2.75 bits per heavy atom. The SMILES string of the molecule is C=CCCNCCP. The molecule has 2 heteroatoms. The van der Waals surface area contributed by atoms with E-state index in [2.05, 4.69) is 21.1 Å². The lowest BCUT2D eigenvalue weighted by molar-refractivity contribution is 0.732. The van der Waals surface area contributed by atoms with Crippen molar-refractivity contribution >= 4 is 9.24 Å². The van der Waals surface area contributed by atoms with Gasteiger partial charge in [0.05, 0.1) is 0 Å². The second-order valence-electron chi connectivity index (χ2n) is 1.62. The van der Waals surface area contributed by atoms with Gasteiger partial charge in [0.2, 0.25) is 0 Å². The van der Waals surface area contributed by atoms with Crippen LogP contribution in [0.3, 0.4) is 0 Å². The highest BCUT2D eigenvalue weighted by atomic mass is 31.0. The fraction of sp³-hybridized carbons (Fsp3) is 0.667. The van der Waals surface area contributed by atoms with Crippen LogP contribution in [-0.2, 0) is 0 Å². The summed E-state index contributed by atoms with van der Waals surface area (Å²) in [5.74, 6) is 0. The molecular weight excluding hydrogens is 117 g/mol. The van der Waals surface area contributed by atoms with Gasteiger partial charge in [-0.3, -0.25) is 0 Å². The molecule has 0 aliphatic heterocycles. The first kappa shape index (κ1) is 8.13. The third-order valence-corrected chi connectivity index (χ3v) is 1.14. The van der Waals surface area contributed by atoms with E-state index in [0.717, 1.165) is 25.7 Å². The van der Waals surface area contributed by atoms with Gasteiger partial charge in [0.1, 0.15) is 0 Å². The number of rotatable bonds is 5. The third-order valence-electron chi connectivity index (χ3n) is 0.846. The van der Waals surface area contributed by atoms with Crippen molar-refractivity contribution in [3.8, 4) is 0 Å². The van der Waals surface area contributed by atoms with Gasteiger partial charge in [0, 0.05) is 0 Å². The molecule has 48 valence electrons. The summed E-state index contributed by atoms with van der Waals surface area (Å²) in [5, 5.41) is 3.24. The molecule has 1 nitrogen and oxygen atoms in total. The molecule has 1 atom stereocenters. The molecule has 0 radical (unpaired) electrons. The first-order valence-corrected chi connectivity index (χ1v) is 3.75. The zero-order valence-corrected chi connectivity index (χ0v) is 6.34. The summed E-state index contributed by atoms with van der Waals surface area (Å²) in [6.45, 7) is 5.78. The lowest BCUT2D eigenvalue weighted by Gasteiger charge is -1.96. The molecule has 0 aliphatic rings. The van der Waals surface area contributed by atoms with E-state index in [-0.39, 0.29) is 0 Å². The lowest BCUT2D eigenvalue weighted by atomic mass is 10.4. The van der Waals surface area contributed by atoms with E-state index in [1.54, 1.807) is 0 Å². The lowest BCUT2D eigenvalue weighted by Crippen LogP contribution is -2.16. The van der Waals surface area contributed by atoms with Gasteiger partial charge in [-0.1, -0.05) is 6.08 Å². The fourth-order valence-electron chi connectivity index (χ4n) is 0.431. The highest BCUT2D eigenvalue weighted by Gasteiger charge is 1.78. The molecule has 0 rings (SSSR count). The maximum Gasteiger partial charge on any atom is -0.00141 e. The standard InChI is InChI=1S/C6H14NP/c1-2-3-4-7-5-6-8/h2,7H,1,3-6,8H2. The Morgan fingerprint density at radius 2 is 2.25 bits per heavy atom. The Kier molecular flexibility index (Phi) is 7.25. The monoisotopic (exact) mass is 131 g/mol. The smallest absolute Gasteiger partial charge is 0.00141 e. The molecule has 0 aromatic carbocycles. The summed E-state index contributed by atoms with van der Waals surface area (Å²) in [4.78, 5) is 0. The van der Waals surface area contributed by atoms with Gasteiger partial charge in [0.25, 0.3) is 0 Å². The van der Waals surface area contributed by atoms with E-state index in [4.69, 9.17) is 0 Å². The van der Waals surface area contributed by atoms with Crippen LogP contribution in [0.4, 0.5) is 0 Å². The van der Waals surface area contributed by atoms with Gasteiger partial charge in [-0.05, 0) is 25.7 Å². The first-order valence-electron chi connectivity index (χ1n) is 2.93. The van der Waals surface area contributed by atoms with Gasteiger partial charge < -0.3 is 5.32 Å². The summed E-state index contributed by atoms with van der Waals surface area (Å²) in [5.41, 5.74) is 0. The Bertz CT molecular complexity index is 54.5. The fourth-order valence-corrected chi connectivity index (χ4v) is 0.635. The maximum atomic E-state index is 3.61. The van der Waals surface area contributed by atoms with Crippen molar-refractivity contribution in [1.29, 1.82) is 0 Å². The van der Waals surface area contributed by atoms with Crippen LogP contribution >= 0.6 is 9.24 Å². The zero-order valence-electron chi connectivity index (χ0n) is 5.19. The number of hydrogen-bond donors (Lipinski definition) is 1. The van der Waals surface area contributed by atoms with Crippen LogP contribution in [-0.4, -0.2) is 19.3 Å². The average Bonchev–Trinajstić information content (AvgIpc) is 1.81. The average molecular weight is 131 g/mol. The highest BCUT2D eigenvalue weighted by Crippen LogP contribution is 1.77. The van der Waals surface area contributed by atoms with E-state index in [1.807, 2.05) is 6.08 Å². The molecule has 0 fully saturated rings. The van der Waals surface area contributed by atoms with Crippen molar-refractivity contribution < 1.29 is 0 Å². The van der Waals surface area contributed by atoms with Crippen molar-refractivity contribution in [2.75, 3.05) is 19.3 Å². The van der Waals surface area contributed by atoms with Crippen LogP contribution in [0.25, 0.3) is 0 Å². The largest absolute Gasteiger partial charge is 0.316 e. The molecule has 0 aromatic heterocycles. The number of nitrogens with one attached hydrogen (secondary N) is 1. The topological polar surface area (TPSA) is 12.0 Å². The molecule has 0 saturated carbocycles. The predicted octanol–water partition coefficient (Wildman–Crippen LogP) is 1.03. The molecule has 0 aromatic rings. The Labute approximate surface area is 53.8 Å². The van der Waals surface area contributed by atoms with Crippen molar-refractivity contribution in [3.63, 3.8) is 0 Å². The Morgan fingerprint density at radius 1 is 1.50 bits per heavy atom. The minimum absolute atomic E-state index is 1.07. The van der Waals surface area contributed by atoms with Gasteiger partial charge in [-0.2, -0.15) is 0 Å². The van der Waals surface area contributed by atoms with Crippen molar-refractivity contribution in [3.05, 3.63) is 12.7 Å². The van der Waals surface area contributed by atoms with Crippen molar-refractivity contribution in [2.45, 2.75) is 6.42 Å². The van der Waals surface area contributed by atoms with Crippen molar-refractivity contribution in [1.82, 2.24) is 5.32 Å². The van der Waals surface area contributed by atoms with E-state index in [9.17, 15) is 0 Å². The van der Waals surface area contributed by atoms with Gasteiger partial charge >= 0.3 is 0 Å². The molecule has 0 bridgehead atoms. The molecule has 0 aliphatic carbocycles.